The van der Waals surface area contributed by atoms with E-state index in [4.69, 9.17) is 4.74 Å². The van der Waals surface area contributed by atoms with Gasteiger partial charge in [0.05, 0.1) is 12.4 Å². The Morgan fingerprint density at radius 3 is 2.44 bits per heavy atom. The van der Waals surface area contributed by atoms with Gasteiger partial charge < -0.3 is 10.1 Å². The van der Waals surface area contributed by atoms with E-state index < -0.39 is 0 Å². The summed E-state index contributed by atoms with van der Waals surface area (Å²) < 4.78 is 7.32. The summed E-state index contributed by atoms with van der Waals surface area (Å²) in [7, 11) is 1.65. The molecule has 27 heavy (non-hydrogen) atoms. The number of nitrogens with zero attached hydrogens (tertiary/aromatic N) is 3. The highest BCUT2D eigenvalue weighted by atomic mass is 32.2. The van der Waals surface area contributed by atoms with Crippen LogP contribution >= 0.6 is 11.8 Å². The molecule has 1 aromatic carbocycles. The van der Waals surface area contributed by atoms with Gasteiger partial charge in [0, 0.05) is 17.6 Å². The number of methoxy groups -OCH3 is 1. The van der Waals surface area contributed by atoms with Gasteiger partial charge in [0.2, 0.25) is 5.91 Å². The number of nitrogens with one attached hydrogen (secondary N) is 1. The summed E-state index contributed by atoms with van der Waals surface area (Å²) in [4.78, 5) is 12.5. The van der Waals surface area contributed by atoms with Gasteiger partial charge in [-0.1, -0.05) is 24.6 Å². The fraction of sp³-hybridized carbons (Fsp3) is 0.550. The van der Waals surface area contributed by atoms with Crippen molar-refractivity contribution < 1.29 is 9.53 Å². The predicted octanol–water partition coefficient (Wildman–Crippen LogP) is 4.07. The van der Waals surface area contributed by atoms with E-state index in [1.54, 1.807) is 7.11 Å². The smallest absolute Gasteiger partial charge is 0.233 e. The normalized spacial score (nSPS) is 15.9. The molecule has 0 radical (unpaired) electrons. The van der Waals surface area contributed by atoms with Crippen molar-refractivity contribution in [2.24, 2.45) is 0 Å². The summed E-state index contributed by atoms with van der Waals surface area (Å²) in [5, 5.41) is 12.5. The Bertz CT molecular complexity index is 767. The number of benzene rings is 1. The molecule has 1 fully saturated rings. The molecule has 1 aliphatic carbocycles. The zero-order valence-electron chi connectivity index (χ0n) is 16.4. The third-order valence-corrected chi connectivity index (χ3v) is 5.94. The molecule has 1 amide bonds. The second-order valence-corrected chi connectivity index (χ2v) is 8.56. The van der Waals surface area contributed by atoms with Gasteiger partial charge in [-0.2, -0.15) is 0 Å². The van der Waals surface area contributed by atoms with E-state index in [1.165, 1.54) is 24.6 Å². The van der Waals surface area contributed by atoms with Crippen LogP contribution in [0.15, 0.2) is 29.4 Å². The lowest BCUT2D eigenvalue weighted by Gasteiger charge is -2.18. The molecule has 0 unspecified atom stereocenters. The van der Waals surface area contributed by atoms with E-state index in [9.17, 15) is 4.79 Å². The van der Waals surface area contributed by atoms with Crippen LogP contribution in [-0.2, 0) is 4.79 Å². The first kappa shape index (κ1) is 19.7. The molecular formula is C20H28N4O2S. The van der Waals surface area contributed by atoms with Gasteiger partial charge in [0.25, 0.3) is 0 Å². The molecule has 6 nitrogen and oxygen atoms in total. The summed E-state index contributed by atoms with van der Waals surface area (Å²) in [6, 6.07) is 8.31. The lowest BCUT2D eigenvalue weighted by Crippen LogP contribution is -2.37. The Balaban J connectivity index is 1.76. The number of thioether (sulfide) groups is 1. The highest BCUT2D eigenvalue weighted by Gasteiger charge is 2.24. The Morgan fingerprint density at radius 2 is 1.85 bits per heavy atom. The van der Waals surface area contributed by atoms with Crippen LogP contribution < -0.4 is 10.1 Å². The van der Waals surface area contributed by atoms with Crippen LogP contribution in [0.25, 0.3) is 11.4 Å². The maximum absolute atomic E-state index is 12.5. The van der Waals surface area contributed by atoms with Gasteiger partial charge in [0.1, 0.15) is 5.75 Å². The molecule has 1 aromatic heterocycles. The molecule has 1 heterocycles. The van der Waals surface area contributed by atoms with Crippen molar-refractivity contribution in [3.8, 4) is 17.1 Å². The lowest BCUT2D eigenvalue weighted by atomic mass is 10.2. The molecule has 1 N–H and O–H groups in total. The fourth-order valence-corrected chi connectivity index (χ4v) is 4.35. The van der Waals surface area contributed by atoms with Crippen molar-refractivity contribution in [1.29, 1.82) is 0 Å². The maximum Gasteiger partial charge on any atom is 0.233 e. The zero-order chi connectivity index (χ0) is 19.4. The molecule has 1 aliphatic rings. The fourth-order valence-electron chi connectivity index (χ4n) is 3.36. The molecule has 0 saturated heterocycles. The van der Waals surface area contributed by atoms with Crippen LogP contribution in [0.2, 0.25) is 0 Å². The number of carbonyl (C=O) groups is 1. The third kappa shape index (κ3) is 4.64. The second-order valence-electron chi connectivity index (χ2n) is 7.25. The van der Waals surface area contributed by atoms with E-state index in [-0.39, 0.29) is 17.2 Å². The Hall–Kier alpha value is -2.02. The molecular weight excluding hydrogens is 360 g/mol. The highest BCUT2D eigenvalue weighted by Crippen LogP contribution is 2.31. The number of aromatic nitrogens is 3. The van der Waals surface area contributed by atoms with Crippen molar-refractivity contribution in [3.05, 3.63) is 24.3 Å². The first-order valence-corrected chi connectivity index (χ1v) is 10.4. The van der Waals surface area contributed by atoms with E-state index in [0.717, 1.165) is 35.1 Å². The van der Waals surface area contributed by atoms with Crippen molar-refractivity contribution in [3.63, 3.8) is 0 Å². The number of hydrogen-bond acceptors (Lipinski definition) is 5. The number of carbonyl (C=O) groups excluding carboxylic acids is 1. The van der Waals surface area contributed by atoms with Crippen LogP contribution in [0.1, 0.15) is 52.5 Å². The molecule has 2 aromatic rings. The van der Waals surface area contributed by atoms with Crippen molar-refractivity contribution in [2.75, 3.05) is 7.11 Å². The predicted molar refractivity (Wildman–Crippen MR) is 108 cm³/mol. The van der Waals surface area contributed by atoms with Crippen molar-refractivity contribution >= 4 is 17.7 Å². The molecule has 7 heteroatoms. The quantitative estimate of drug-likeness (QED) is 0.724. The monoisotopic (exact) mass is 388 g/mol. The summed E-state index contributed by atoms with van der Waals surface area (Å²) >= 11 is 1.47. The van der Waals surface area contributed by atoms with E-state index >= 15 is 0 Å². The third-order valence-electron chi connectivity index (χ3n) is 4.88. The zero-order valence-corrected chi connectivity index (χ0v) is 17.3. The van der Waals surface area contributed by atoms with Crippen molar-refractivity contribution in [1.82, 2.24) is 20.1 Å². The first-order valence-electron chi connectivity index (χ1n) is 9.56. The Morgan fingerprint density at radius 1 is 1.19 bits per heavy atom. The number of amides is 1. The van der Waals surface area contributed by atoms with Crippen LogP contribution in [-0.4, -0.2) is 39.1 Å². The standard InChI is InChI=1S/C20H28N4O2S/c1-13(2)24-18(15-9-11-17(26-4)12-10-15)22-23-20(24)27-14(3)19(25)21-16-7-5-6-8-16/h9-14,16H,5-8H2,1-4H3,(H,21,25)/t14-/m1/s1. The van der Waals surface area contributed by atoms with Gasteiger partial charge >= 0.3 is 0 Å². The average Bonchev–Trinajstić information content (AvgIpc) is 3.31. The summed E-state index contributed by atoms with van der Waals surface area (Å²) in [5.74, 6) is 1.69. The van der Waals surface area contributed by atoms with Crippen molar-refractivity contribution in [2.45, 2.75) is 68.9 Å². The first-order chi connectivity index (χ1) is 13.0. The minimum atomic E-state index is -0.212. The summed E-state index contributed by atoms with van der Waals surface area (Å²) in [6.45, 7) is 6.13. The number of ether oxygens (including phenoxy) is 1. The Labute approximate surface area is 165 Å². The molecule has 0 bridgehead atoms. The maximum atomic E-state index is 12.5. The topological polar surface area (TPSA) is 69.0 Å². The van der Waals surface area contributed by atoms with E-state index in [1.807, 2.05) is 31.2 Å². The van der Waals surface area contributed by atoms with Gasteiger partial charge in [-0.15, -0.1) is 10.2 Å². The van der Waals surface area contributed by atoms with Crippen LogP contribution in [0.4, 0.5) is 0 Å². The molecule has 0 aliphatic heterocycles. The minimum Gasteiger partial charge on any atom is -0.497 e. The summed E-state index contributed by atoms with van der Waals surface area (Å²) in [6.07, 6.45) is 4.60. The van der Waals surface area contributed by atoms with Gasteiger partial charge in [-0.05, 0) is 57.9 Å². The average molecular weight is 389 g/mol. The molecule has 3 rings (SSSR count). The Kier molecular flexibility index (Phi) is 6.42. The van der Waals surface area contributed by atoms with Gasteiger partial charge in [-0.3, -0.25) is 9.36 Å². The molecule has 0 spiro atoms. The molecule has 1 saturated carbocycles. The second kappa shape index (κ2) is 8.78. The highest BCUT2D eigenvalue weighted by molar-refractivity contribution is 8.00. The van der Waals surface area contributed by atoms with E-state index in [0.29, 0.717) is 6.04 Å². The van der Waals surface area contributed by atoms with Crippen LogP contribution in [0.3, 0.4) is 0 Å². The minimum absolute atomic E-state index is 0.0798. The molecule has 1 atom stereocenters. The summed E-state index contributed by atoms with van der Waals surface area (Å²) in [5.41, 5.74) is 0.979. The van der Waals surface area contributed by atoms with Gasteiger partial charge in [-0.25, -0.2) is 0 Å². The molecule has 146 valence electrons. The largest absolute Gasteiger partial charge is 0.497 e. The van der Waals surface area contributed by atoms with Crippen LogP contribution in [0, 0.1) is 0 Å². The lowest BCUT2D eigenvalue weighted by molar-refractivity contribution is -0.120. The van der Waals surface area contributed by atoms with Gasteiger partial charge in [0.15, 0.2) is 11.0 Å². The number of rotatable bonds is 7. The number of hydrogen-bond donors (Lipinski definition) is 1. The van der Waals surface area contributed by atoms with Crippen LogP contribution in [0.5, 0.6) is 5.75 Å². The van der Waals surface area contributed by atoms with E-state index in [2.05, 4.69) is 33.9 Å². The SMILES string of the molecule is COc1ccc(-c2nnc(S[C@H](C)C(=O)NC3CCCC3)n2C(C)C)cc1.